The molecule has 1 aromatic rings. The van der Waals surface area contributed by atoms with E-state index in [0.29, 0.717) is 0 Å². The predicted octanol–water partition coefficient (Wildman–Crippen LogP) is 2.78. The van der Waals surface area contributed by atoms with Gasteiger partial charge < -0.3 is 10.2 Å². The zero-order valence-electron chi connectivity index (χ0n) is 11.1. The first-order chi connectivity index (χ1) is 8.28. The van der Waals surface area contributed by atoms with Gasteiger partial charge in [0.05, 0.1) is 0 Å². The molecule has 0 saturated heterocycles. The van der Waals surface area contributed by atoms with Crippen LogP contribution in [0.4, 0.5) is 0 Å². The molecule has 0 aliphatic heterocycles. The molecule has 0 spiro atoms. The Labute approximate surface area is 105 Å². The topological polar surface area (TPSA) is 15.3 Å². The van der Waals surface area contributed by atoms with Gasteiger partial charge in [0.2, 0.25) is 0 Å². The van der Waals surface area contributed by atoms with Crippen molar-refractivity contribution in [2.45, 2.75) is 45.3 Å². The van der Waals surface area contributed by atoms with Crippen LogP contribution in [0.1, 0.15) is 37.3 Å². The maximum absolute atomic E-state index is 3.54. The fourth-order valence-corrected chi connectivity index (χ4v) is 2.08. The summed E-state index contributed by atoms with van der Waals surface area (Å²) in [6.07, 6.45) is 3.94. The summed E-state index contributed by atoms with van der Waals surface area (Å²) in [5.41, 5.74) is 2.81. The molecule has 1 aliphatic carbocycles. The van der Waals surface area contributed by atoms with Crippen molar-refractivity contribution in [2.75, 3.05) is 13.6 Å². The van der Waals surface area contributed by atoms with E-state index in [4.69, 9.17) is 0 Å². The normalized spacial score (nSPS) is 15.5. The Hall–Kier alpha value is -0.860. The summed E-state index contributed by atoms with van der Waals surface area (Å²) in [4.78, 5) is 2.37. The third-order valence-corrected chi connectivity index (χ3v) is 3.25. The molecule has 2 nitrogen and oxygen atoms in total. The molecule has 0 unspecified atom stereocenters. The van der Waals surface area contributed by atoms with Crippen molar-refractivity contribution in [1.29, 1.82) is 0 Å². The van der Waals surface area contributed by atoms with Gasteiger partial charge in [-0.05, 0) is 44.0 Å². The number of nitrogens with zero attached hydrogens (tertiary/aromatic N) is 1. The van der Waals surface area contributed by atoms with Crippen LogP contribution in [0.5, 0.6) is 0 Å². The minimum absolute atomic E-state index is 0.797. The van der Waals surface area contributed by atoms with Crippen LogP contribution in [-0.2, 0) is 13.1 Å². The molecule has 0 atom stereocenters. The lowest BCUT2D eigenvalue weighted by Crippen LogP contribution is -2.18. The van der Waals surface area contributed by atoms with E-state index in [0.717, 1.165) is 19.1 Å². The van der Waals surface area contributed by atoms with Crippen molar-refractivity contribution >= 4 is 0 Å². The van der Waals surface area contributed by atoms with E-state index < -0.39 is 0 Å². The summed E-state index contributed by atoms with van der Waals surface area (Å²) < 4.78 is 0. The Morgan fingerprint density at radius 2 is 1.82 bits per heavy atom. The van der Waals surface area contributed by atoms with Gasteiger partial charge in [0, 0.05) is 19.1 Å². The first-order valence-corrected chi connectivity index (χ1v) is 6.77. The smallest absolute Gasteiger partial charge is 0.0230 e. The standard InChI is InChI=1S/C15H24N2/c1-3-10-17(2)12-14-6-4-13(5-7-14)11-16-15-8-9-15/h4-7,15-16H,3,8-12H2,1-2H3. The molecule has 2 heteroatoms. The molecule has 17 heavy (non-hydrogen) atoms. The highest BCUT2D eigenvalue weighted by atomic mass is 15.1. The highest BCUT2D eigenvalue weighted by Crippen LogP contribution is 2.19. The van der Waals surface area contributed by atoms with Crippen LogP contribution in [0.2, 0.25) is 0 Å². The first-order valence-electron chi connectivity index (χ1n) is 6.77. The van der Waals surface area contributed by atoms with Crippen LogP contribution in [0.3, 0.4) is 0 Å². The third kappa shape index (κ3) is 4.49. The second-order valence-electron chi connectivity index (χ2n) is 5.21. The van der Waals surface area contributed by atoms with E-state index in [9.17, 15) is 0 Å². The summed E-state index contributed by atoms with van der Waals surface area (Å²) >= 11 is 0. The summed E-state index contributed by atoms with van der Waals surface area (Å²) in [5.74, 6) is 0. The Morgan fingerprint density at radius 3 is 2.41 bits per heavy atom. The van der Waals surface area contributed by atoms with Gasteiger partial charge in [0.15, 0.2) is 0 Å². The second kappa shape index (κ2) is 6.18. The molecule has 1 aromatic carbocycles. The zero-order chi connectivity index (χ0) is 12.1. The Bertz CT molecular complexity index is 327. The van der Waals surface area contributed by atoms with Crippen molar-refractivity contribution in [1.82, 2.24) is 10.2 Å². The minimum Gasteiger partial charge on any atom is -0.310 e. The largest absolute Gasteiger partial charge is 0.310 e. The van der Waals surface area contributed by atoms with Crippen molar-refractivity contribution in [2.24, 2.45) is 0 Å². The summed E-state index contributed by atoms with van der Waals surface area (Å²) in [6.45, 7) is 5.48. The van der Waals surface area contributed by atoms with Gasteiger partial charge in [0.25, 0.3) is 0 Å². The van der Waals surface area contributed by atoms with Crippen LogP contribution < -0.4 is 5.32 Å². The van der Waals surface area contributed by atoms with E-state index in [1.165, 1.54) is 36.9 Å². The van der Waals surface area contributed by atoms with Gasteiger partial charge in [-0.1, -0.05) is 31.2 Å². The van der Waals surface area contributed by atoms with E-state index in [2.05, 4.69) is 48.5 Å². The molecule has 0 radical (unpaired) electrons. The maximum atomic E-state index is 3.54. The molecule has 2 rings (SSSR count). The average molecular weight is 232 g/mol. The van der Waals surface area contributed by atoms with Crippen LogP contribution in [0, 0.1) is 0 Å². The SMILES string of the molecule is CCCN(C)Cc1ccc(CNC2CC2)cc1. The van der Waals surface area contributed by atoms with E-state index in [1.807, 2.05) is 0 Å². The molecule has 0 aromatic heterocycles. The van der Waals surface area contributed by atoms with Crippen LogP contribution in [0.25, 0.3) is 0 Å². The molecule has 94 valence electrons. The van der Waals surface area contributed by atoms with Crippen LogP contribution in [0.15, 0.2) is 24.3 Å². The van der Waals surface area contributed by atoms with Gasteiger partial charge in [-0.15, -0.1) is 0 Å². The van der Waals surface area contributed by atoms with E-state index in [-0.39, 0.29) is 0 Å². The number of hydrogen-bond acceptors (Lipinski definition) is 2. The molecule has 0 heterocycles. The number of rotatable bonds is 7. The molecule has 0 bridgehead atoms. The van der Waals surface area contributed by atoms with Crippen LogP contribution >= 0.6 is 0 Å². The summed E-state index contributed by atoms with van der Waals surface area (Å²) in [7, 11) is 2.19. The monoisotopic (exact) mass is 232 g/mol. The van der Waals surface area contributed by atoms with Gasteiger partial charge in [-0.3, -0.25) is 0 Å². The zero-order valence-corrected chi connectivity index (χ0v) is 11.1. The summed E-state index contributed by atoms with van der Waals surface area (Å²) in [5, 5.41) is 3.54. The Morgan fingerprint density at radius 1 is 1.18 bits per heavy atom. The molecule has 1 N–H and O–H groups in total. The van der Waals surface area contributed by atoms with E-state index >= 15 is 0 Å². The second-order valence-corrected chi connectivity index (χ2v) is 5.21. The first kappa shape index (κ1) is 12.6. The molecule has 1 saturated carbocycles. The van der Waals surface area contributed by atoms with Gasteiger partial charge in [0.1, 0.15) is 0 Å². The molecular weight excluding hydrogens is 208 g/mol. The molecule has 0 amide bonds. The summed E-state index contributed by atoms with van der Waals surface area (Å²) in [6, 6.07) is 9.83. The van der Waals surface area contributed by atoms with Crippen molar-refractivity contribution in [3.63, 3.8) is 0 Å². The van der Waals surface area contributed by atoms with Crippen molar-refractivity contribution in [3.8, 4) is 0 Å². The lowest BCUT2D eigenvalue weighted by molar-refractivity contribution is 0.327. The van der Waals surface area contributed by atoms with Crippen LogP contribution in [-0.4, -0.2) is 24.5 Å². The number of benzene rings is 1. The number of nitrogens with one attached hydrogen (secondary N) is 1. The van der Waals surface area contributed by atoms with Crippen molar-refractivity contribution < 1.29 is 0 Å². The van der Waals surface area contributed by atoms with Gasteiger partial charge in [-0.25, -0.2) is 0 Å². The fraction of sp³-hybridized carbons (Fsp3) is 0.600. The number of hydrogen-bond donors (Lipinski definition) is 1. The molecule has 1 aliphatic rings. The highest BCUT2D eigenvalue weighted by Gasteiger charge is 2.19. The predicted molar refractivity (Wildman–Crippen MR) is 72.9 cm³/mol. The van der Waals surface area contributed by atoms with Gasteiger partial charge >= 0.3 is 0 Å². The Kier molecular flexibility index (Phi) is 4.57. The maximum Gasteiger partial charge on any atom is 0.0230 e. The quantitative estimate of drug-likeness (QED) is 0.777. The van der Waals surface area contributed by atoms with E-state index in [1.54, 1.807) is 0 Å². The lowest BCUT2D eigenvalue weighted by Gasteiger charge is -2.15. The highest BCUT2D eigenvalue weighted by molar-refractivity contribution is 5.22. The minimum atomic E-state index is 0.797. The van der Waals surface area contributed by atoms with Crippen molar-refractivity contribution in [3.05, 3.63) is 35.4 Å². The lowest BCUT2D eigenvalue weighted by atomic mass is 10.1. The third-order valence-electron chi connectivity index (χ3n) is 3.25. The van der Waals surface area contributed by atoms with Gasteiger partial charge in [-0.2, -0.15) is 0 Å². The average Bonchev–Trinajstić information content (AvgIpc) is 3.12. The Balaban J connectivity index is 1.79. The molecule has 1 fully saturated rings. The fourth-order valence-electron chi connectivity index (χ4n) is 2.08. The molecular formula is C15H24N2.